The largest absolute Gasteiger partial charge is 0.338 e. The number of benzene rings is 1. The molecule has 1 aliphatic rings. The summed E-state index contributed by atoms with van der Waals surface area (Å²) in [6.07, 6.45) is 7.16. The Hall–Kier alpha value is -2.14. The fourth-order valence-corrected chi connectivity index (χ4v) is 4.81. The van der Waals surface area contributed by atoms with Crippen LogP contribution in [0.2, 0.25) is 0 Å². The molecule has 0 bridgehead atoms. The molecule has 1 amide bonds. The van der Waals surface area contributed by atoms with E-state index >= 15 is 0 Å². The predicted molar refractivity (Wildman–Crippen MR) is 104 cm³/mol. The van der Waals surface area contributed by atoms with Gasteiger partial charge in [0.15, 0.2) is 0 Å². The van der Waals surface area contributed by atoms with E-state index < -0.39 is 0 Å². The monoisotopic (exact) mass is 353 g/mol. The zero-order chi connectivity index (χ0) is 17.2. The number of fused-ring (bicyclic) bond motifs is 2. The van der Waals surface area contributed by atoms with Crippen molar-refractivity contribution in [3.63, 3.8) is 0 Å². The Bertz CT molecular complexity index is 876. The topological polar surface area (TPSA) is 57.8 Å². The Labute approximate surface area is 151 Å². The van der Waals surface area contributed by atoms with Crippen LogP contribution in [-0.2, 0) is 17.6 Å². The molecule has 4 rings (SSSR count). The molecule has 3 aromatic rings. The van der Waals surface area contributed by atoms with Crippen molar-refractivity contribution in [1.29, 1.82) is 0 Å². The number of amides is 1. The summed E-state index contributed by atoms with van der Waals surface area (Å²) in [7, 11) is 0. The Balaban J connectivity index is 1.76. The van der Waals surface area contributed by atoms with E-state index in [4.69, 9.17) is 4.98 Å². The minimum Gasteiger partial charge on any atom is -0.338 e. The summed E-state index contributed by atoms with van der Waals surface area (Å²) in [4.78, 5) is 22.0. The molecular weight excluding hydrogens is 330 g/mol. The third kappa shape index (κ3) is 3.21. The second kappa shape index (κ2) is 7.00. The van der Waals surface area contributed by atoms with E-state index in [0.29, 0.717) is 6.42 Å². The maximum atomic E-state index is 12.3. The quantitative estimate of drug-likeness (QED) is 0.654. The van der Waals surface area contributed by atoms with Crippen LogP contribution < -0.4 is 5.32 Å². The molecule has 0 atom stereocenters. The number of H-pyrrole nitrogens is 1. The molecule has 2 heterocycles. The van der Waals surface area contributed by atoms with Crippen LogP contribution in [0.15, 0.2) is 24.3 Å². The van der Waals surface area contributed by atoms with Crippen molar-refractivity contribution >= 4 is 33.3 Å². The van der Waals surface area contributed by atoms with Crippen molar-refractivity contribution in [1.82, 2.24) is 9.97 Å². The van der Waals surface area contributed by atoms with Crippen LogP contribution in [0.25, 0.3) is 22.4 Å². The van der Waals surface area contributed by atoms with Crippen LogP contribution >= 0.6 is 11.3 Å². The number of para-hydroxylation sites is 2. The van der Waals surface area contributed by atoms with Crippen LogP contribution in [0.5, 0.6) is 0 Å². The molecule has 0 spiro atoms. The first kappa shape index (κ1) is 16.3. The van der Waals surface area contributed by atoms with Gasteiger partial charge in [-0.1, -0.05) is 25.5 Å². The standard InChI is InChI=1S/C20H23N3OS/c1-2-3-12-17(24)23-20-18(13-8-4-7-11-16(13)25-20)19-21-14-9-5-6-10-15(14)22-19/h5-6,9-10H,2-4,7-8,11-12H2,1H3,(H,21,22)(H,23,24). The van der Waals surface area contributed by atoms with Crippen LogP contribution in [0, 0.1) is 0 Å². The van der Waals surface area contributed by atoms with Crippen LogP contribution in [0.3, 0.4) is 0 Å². The Morgan fingerprint density at radius 2 is 2.12 bits per heavy atom. The molecule has 25 heavy (non-hydrogen) atoms. The number of nitrogens with zero attached hydrogens (tertiary/aromatic N) is 1. The van der Waals surface area contributed by atoms with Gasteiger partial charge in [0.05, 0.1) is 16.6 Å². The summed E-state index contributed by atoms with van der Waals surface area (Å²) < 4.78 is 0. The van der Waals surface area contributed by atoms with Gasteiger partial charge in [-0.25, -0.2) is 4.98 Å². The lowest BCUT2D eigenvalue weighted by molar-refractivity contribution is -0.116. The number of hydrogen-bond acceptors (Lipinski definition) is 3. The van der Waals surface area contributed by atoms with Gasteiger partial charge >= 0.3 is 0 Å². The zero-order valence-corrected chi connectivity index (χ0v) is 15.3. The number of aromatic nitrogens is 2. The number of nitrogens with one attached hydrogen (secondary N) is 2. The molecule has 0 aliphatic heterocycles. The third-order valence-corrected chi connectivity index (χ3v) is 6.02. The molecule has 2 N–H and O–H groups in total. The van der Waals surface area contributed by atoms with Gasteiger partial charge in [-0.3, -0.25) is 4.79 Å². The number of carbonyl (C=O) groups excluding carboxylic acids is 1. The number of carbonyl (C=O) groups is 1. The number of imidazole rings is 1. The average Bonchev–Trinajstić information content (AvgIpc) is 3.20. The number of rotatable bonds is 5. The van der Waals surface area contributed by atoms with Gasteiger partial charge in [0.1, 0.15) is 10.8 Å². The highest BCUT2D eigenvalue weighted by molar-refractivity contribution is 7.17. The zero-order valence-electron chi connectivity index (χ0n) is 14.5. The van der Waals surface area contributed by atoms with E-state index in [1.807, 2.05) is 24.3 Å². The van der Waals surface area contributed by atoms with Gasteiger partial charge in [-0.05, 0) is 49.8 Å². The van der Waals surface area contributed by atoms with Crippen molar-refractivity contribution in [3.8, 4) is 11.4 Å². The number of aryl methyl sites for hydroxylation is 1. The third-order valence-electron chi connectivity index (χ3n) is 4.81. The molecule has 1 aromatic carbocycles. The number of thiophene rings is 1. The molecule has 1 aliphatic carbocycles. The maximum Gasteiger partial charge on any atom is 0.224 e. The minimum absolute atomic E-state index is 0.109. The van der Waals surface area contributed by atoms with Crippen molar-refractivity contribution in [2.24, 2.45) is 0 Å². The fourth-order valence-electron chi connectivity index (χ4n) is 3.50. The number of aromatic amines is 1. The molecule has 0 unspecified atom stereocenters. The highest BCUT2D eigenvalue weighted by atomic mass is 32.1. The molecule has 2 aromatic heterocycles. The summed E-state index contributed by atoms with van der Waals surface area (Å²) in [6.45, 7) is 2.11. The van der Waals surface area contributed by atoms with Crippen LogP contribution in [0.4, 0.5) is 5.00 Å². The van der Waals surface area contributed by atoms with E-state index in [2.05, 4.69) is 17.2 Å². The summed E-state index contributed by atoms with van der Waals surface area (Å²) in [6, 6.07) is 8.09. The van der Waals surface area contributed by atoms with Gasteiger partial charge in [0, 0.05) is 11.3 Å². The summed E-state index contributed by atoms with van der Waals surface area (Å²) in [5.41, 5.74) is 4.50. The Morgan fingerprint density at radius 3 is 2.96 bits per heavy atom. The van der Waals surface area contributed by atoms with Gasteiger partial charge in [0.2, 0.25) is 5.91 Å². The second-order valence-electron chi connectivity index (χ2n) is 6.67. The molecule has 0 radical (unpaired) electrons. The van der Waals surface area contributed by atoms with E-state index in [9.17, 15) is 4.79 Å². The smallest absolute Gasteiger partial charge is 0.224 e. The maximum absolute atomic E-state index is 12.3. The Morgan fingerprint density at radius 1 is 1.28 bits per heavy atom. The van der Waals surface area contributed by atoms with Gasteiger partial charge < -0.3 is 10.3 Å². The van der Waals surface area contributed by atoms with Crippen molar-refractivity contribution in [2.45, 2.75) is 51.9 Å². The molecule has 0 saturated carbocycles. The summed E-state index contributed by atoms with van der Waals surface area (Å²) >= 11 is 1.74. The van der Waals surface area contributed by atoms with Crippen LogP contribution in [0.1, 0.15) is 49.5 Å². The second-order valence-corrected chi connectivity index (χ2v) is 7.77. The first-order chi connectivity index (χ1) is 12.3. The van der Waals surface area contributed by atoms with Crippen molar-refractivity contribution < 1.29 is 4.79 Å². The minimum atomic E-state index is 0.109. The molecule has 0 fully saturated rings. The van der Waals surface area contributed by atoms with Crippen molar-refractivity contribution in [2.75, 3.05) is 5.32 Å². The van der Waals surface area contributed by atoms with Crippen LogP contribution in [-0.4, -0.2) is 15.9 Å². The van der Waals surface area contributed by atoms with E-state index in [-0.39, 0.29) is 5.91 Å². The first-order valence-electron chi connectivity index (χ1n) is 9.15. The lowest BCUT2D eigenvalue weighted by Crippen LogP contribution is -2.10. The first-order valence-corrected chi connectivity index (χ1v) is 9.97. The molecule has 4 nitrogen and oxygen atoms in total. The molecule has 0 saturated heterocycles. The summed E-state index contributed by atoms with van der Waals surface area (Å²) in [5.74, 6) is 0.990. The number of anilines is 1. The Kier molecular flexibility index (Phi) is 4.57. The fraction of sp³-hybridized carbons (Fsp3) is 0.400. The van der Waals surface area contributed by atoms with Gasteiger partial charge in [-0.15, -0.1) is 11.3 Å². The number of unbranched alkanes of at least 4 members (excludes halogenated alkanes) is 1. The molecular formula is C20H23N3OS. The lowest BCUT2D eigenvalue weighted by Gasteiger charge is -2.12. The lowest BCUT2D eigenvalue weighted by atomic mass is 9.95. The van der Waals surface area contributed by atoms with E-state index in [0.717, 1.165) is 53.1 Å². The summed E-state index contributed by atoms with van der Waals surface area (Å²) in [5, 5.41) is 4.13. The van der Waals surface area contributed by atoms with Gasteiger partial charge in [0.25, 0.3) is 0 Å². The highest BCUT2D eigenvalue weighted by Crippen LogP contribution is 2.43. The van der Waals surface area contributed by atoms with Crippen molar-refractivity contribution in [3.05, 3.63) is 34.7 Å². The molecule has 130 valence electrons. The molecule has 5 heteroatoms. The van der Waals surface area contributed by atoms with Gasteiger partial charge in [-0.2, -0.15) is 0 Å². The number of hydrogen-bond donors (Lipinski definition) is 2. The van der Waals surface area contributed by atoms with E-state index in [1.165, 1.54) is 23.3 Å². The predicted octanol–water partition coefficient (Wildman–Crippen LogP) is 5.30. The normalized spacial score (nSPS) is 13.8. The van der Waals surface area contributed by atoms with E-state index in [1.54, 1.807) is 11.3 Å². The average molecular weight is 353 g/mol. The highest BCUT2D eigenvalue weighted by Gasteiger charge is 2.24. The SMILES string of the molecule is CCCCC(=O)Nc1sc2c(c1-c1nc3ccccc3[nH]1)CCCC2.